The molecule has 2 fully saturated rings. The minimum atomic E-state index is 0.0516. The first kappa shape index (κ1) is 12.5. The lowest BCUT2D eigenvalue weighted by atomic mass is 10.0. The van der Waals surface area contributed by atoms with Crippen LogP contribution in [-0.2, 0) is 0 Å². The van der Waals surface area contributed by atoms with E-state index in [1.807, 2.05) is 11.0 Å². The Morgan fingerprint density at radius 3 is 2.67 bits per heavy atom. The van der Waals surface area contributed by atoms with Crippen molar-refractivity contribution in [2.75, 3.05) is 26.2 Å². The first-order chi connectivity index (χ1) is 8.65. The summed E-state index contributed by atoms with van der Waals surface area (Å²) in [5.74, 6) is 1.27. The van der Waals surface area contributed by atoms with E-state index in [4.69, 9.17) is 11.6 Å². The van der Waals surface area contributed by atoms with E-state index in [0.717, 1.165) is 30.7 Å². The maximum absolute atomic E-state index is 12.5. The fourth-order valence-electron chi connectivity index (χ4n) is 2.85. The number of halogens is 2. The van der Waals surface area contributed by atoms with Gasteiger partial charge in [0.25, 0.3) is 5.91 Å². The Hall–Kier alpha value is -0.580. The van der Waals surface area contributed by atoms with E-state index in [-0.39, 0.29) is 5.91 Å². The van der Waals surface area contributed by atoms with Gasteiger partial charge in [0.15, 0.2) is 0 Å². The summed E-state index contributed by atoms with van der Waals surface area (Å²) < 4.78 is 0.885. The van der Waals surface area contributed by atoms with Crippen molar-refractivity contribution < 1.29 is 4.79 Å². The zero-order valence-corrected chi connectivity index (χ0v) is 12.2. The van der Waals surface area contributed by atoms with Gasteiger partial charge in [-0.15, -0.1) is 0 Å². The number of amides is 1. The lowest BCUT2D eigenvalue weighted by Crippen LogP contribution is -2.32. The van der Waals surface area contributed by atoms with E-state index in [9.17, 15) is 4.79 Å². The molecule has 5 heteroatoms. The molecule has 2 unspecified atom stereocenters. The normalized spacial score (nSPS) is 26.4. The molecule has 0 bridgehead atoms. The SMILES string of the molecule is O=C(c1cc(Br)ccc1Cl)N1CC2CNCC2C1. The molecule has 0 radical (unpaired) electrons. The van der Waals surface area contributed by atoms with Crippen LogP contribution in [-0.4, -0.2) is 37.0 Å². The van der Waals surface area contributed by atoms with E-state index in [1.165, 1.54) is 0 Å². The number of nitrogens with zero attached hydrogens (tertiary/aromatic N) is 1. The van der Waals surface area contributed by atoms with Crippen LogP contribution in [0.2, 0.25) is 5.02 Å². The lowest BCUT2D eigenvalue weighted by molar-refractivity contribution is 0.0782. The molecule has 3 nitrogen and oxygen atoms in total. The maximum Gasteiger partial charge on any atom is 0.255 e. The number of likely N-dealkylation sites (tertiary alicyclic amines) is 1. The van der Waals surface area contributed by atoms with Crippen molar-refractivity contribution in [1.29, 1.82) is 0 Å². The van der Waals surface area contributed by atoms with Crippen LogP contribution >= 0.6 is 27.5 Å². The Balaban J connectivity index is 1.81. The molecule has 2 heterocycles. The third-order valence-corrected chi connectivity index (χ3v) is 4.66. The van der Waals surface area contributed by atoms with E-state index >= 15 is 0 Å². The van der Waals surface area contributed by atoms with Crippen LogP contribution in [0.3, 0.4) is 0 Å². The van der Waals surface area contributed by atoms with Crippen LogP contribution in [0.5, 0.6) is 0 Å². The fraction of sp³-hybridized carbons (Fsp3) is 0.462. The van der Waals surface area contributed by atoms with Gasteiger partial charge in [0.2, 0.25) is 0 Å². The number of benzene rings is 1. The van der Waals surface area contributed by atoms with Crippen molar-refractivity contribution in [3.05, 3.63) is 33.3 Å². The number of carbonyl (C=O) groups is 1. The first-order valence-corrected chi connectivity index (χ1v) is 7.27. The molecule has 0 saturated carbocycles. The van der Waals surface area contributed by atoms with Crippen molar-refractivity contribution in [3.63, 3.8) is 0 Å². The van der Waals surface area contributed by atoms with Gasteiger partial charge in [-0.3, -0.25) is 4.79 Å². The van der Waals surface area contributed by atoms with Gasteiger partial charge >= 0.3 is 0 Å². The molecule has 0 aromatic heterocycles. The molecule has 2 aliphatic rings. The highest BCUT2D eigenvalue weighted by molar-refractivity contribution is 9.10. The third-order valence-electron chi connectivity index (χ3n) is 3.84. The second kappa shape index (κ2) is 4.83. The summed E-state index contributed by atoms with van der Waals surface area (Å²) in [6.07, 6.45) is 0. The second-order valence-electron chi connectivity index (χ2n) is 5.01. The quantitative estimate of drug-likeness (QED) is 0.858. The number of fused-ring (bicyclic) bond motifs is 1. The average molecular weight is 330 g/mol. The van der Waals surface area contributed by atoms with E-state index in [0.29, 0.717) is 22.4 Å². The predicted molar refractivity (Wildman–Crippen MR) is 74.9 cm³/mol. The molecule has 1 aromatic rings. The van der Waals surface area contributed by atoms with E-state index in [2.05, 4.69) is 21.2 Å². The van der Waals surface area contributed by atoms with Crippen LogP contribution in [0.15, 0.2) is 22.7 Å². The van der Waals surface area contributed by atoms with Crippen LogP contribution in [0.4, 0.5) is 0 Å². The zero-order valence-electron chi connectivity index (χ0n) is 9.83. The first-order valence-electron chi connectivity index (χ1n) is 6.10. The topological polar surface area (TPSA) is 32.3 Å². The van der Waals surface area contributed by atoms with Crippen LogP contribution in [0, 0.1) is 11.8 Å². The van der Waals surface area contributed by atoms with Gasteiger partial charge in [-0.2, -0.15) is 0 Å². The van der Waals surface area contributed by atoms with Crippen molar-refractivity contribution in [2.45, 2.75) is 0 Å². The number of rotatable bonds is 1. The van der Waals surface area contributed by atoms with Gasteiger partial charge < -0.3 is 10.2 Å². The number of nitrogens with one attached hydrogen (secondary N) is 1. The number of hydrogen-bond acceptors (Lipinski definition) is 2. The summed E-state index contributed by atoms with van der Waals surface area (Å²) in [6.45, 7) is 3.75. The summed E-state index contributed by atoms with van der Waals surface area (Å²) in [5, 5.41) is 3.90. The van der Waals surface area contributed by atoms with E-state index < -0.39 is 0 Å². The zero-order chi connectivity index (χ0) is 12.7. The third kappa shape index (κ3) is 2.17. The van der Waals surface area contributed by atoms with Gasteiger partial charge in [0.05, 0.1) is 10.6 Å². The minimum Gasteiger partial charge on any atom is -0.338 e. The Morgan fingerprint density at radius 1 is 1.33 bits per heavy atom. The van der Waals surface area contributed by atoms with Gasteiger partial charge in [-0.25, -0.2) is 0 Å². The van der Waals surface area contributed by atoms with Gasteiger partial charge in [0.1, 0.15) is 0 Å². The van der Waals surface area contributed by atoms with Crippen molar-refractivity contribution in [1.82, 2.24) is 10.2 Å². The smallest absolute Gasteiger partial charge is 0.255 e. The highest BCUT2D eigenvalue weighted by Gasteiger charge is 2.38. The molecular weight excluding hydrogens is 316 g/mol. The van der Waals surface area contributed by atoms with Crippen LogP contribution in [0.1, 0.15) is 10.4 Å². The molecular formula is C13H14BrClN2O. The summed E-state index contributed by atoms with van der Waals surface area (Å²) in [6, 6.07) is 5.41. The predicted octanol–water partition coefficient (Wildman–Crippen LogP) is 2.39. The minimum absolute atomic E-state index is 0.0516. The molecule has 1 N–H and O–H groups in total. The Labute approximate surface area is 120 Å². The molecule has 2 aliphatic heterocycles. The van der Waals surface area contributed by atoms with Crippen LogP contribution < -0.4 is 5.32 Å². The van der Waals surface area contributed by atoms with E-state index in [1.54, 1.807) is 12.1 Å². The molecule has 96 valence electrons. The Morgan fingerprint density at radius 2 is 2.00 bits per heavy atom. The Kier molecular flexibility index (Phi) is 3.34. The summed E-state index contributed by atoms with van der Waals surface area (Å²) in [4.78, 5) is 14.4. The highest BCUT2D eigenvalue weighted by atomic mass is 79.9. The molecule has 2 atom stereocenters. The monoisotopic (exact) mass is 328 g/mol. The molecule has 2 saturated heterocycles. The van der Waals surface area contributed by atoms with Gasteiger partial charge in [0, 0.05) is 30.7 Å². The summed E-state index contributed by atoms with van der Waals surface area (Å²) >= 11 is 9.49. The van der Waals surface area contributed by atoms with Gasteiger partial charge in [-0.05, 0) is 30.0 Å². The van der Waals surface area contributed by atoms with Gasteiger partial charge in [-0.1, -0.05) is 27.5 Å². The molecule has 18 heavy (non-hydrogen) atoms. The second-order valence-corrected chi connectivity index (χ2v) is 6.34. The summed E-state index contributed by atoms with van der Waals surface area (Å²) in [7, 11) is 0. The fourth-order valence-corrected chi connectivity index (χ4v) is 3.41. The summed E-state index contributed by atoms with van der Waals surface area (Å²) in [5.41, 5.74) is 0.596. The number of carbonyl (C=O) groups excluding carboxylic acids is 1. The standard InChI is InChI=1S/C13H14BrClN2O/c14-10-1-2-12(15)11(3-10)13(18)17-6-8-4-16-5-9(8)7-17/h1-3,8-9,16H,4-7H2. The number of hydrogen-bond donors (Lipinski definition) is 1. The molecule has 0 aliphatic carbocycles. The van der Waals surface area contributed by atoms with Crippen molar-refractivity contribution >= 4 is 33.4 Å². The average Bonchev–Trinajstić information content (AvgIpc) is 2.91. The Bertz CT molecular complexity index is 482. The van der Waals surface area contributed by atoms with Crippen molar-refractivity contribution in [2.24, 2.45) is 11.8 Å². The highest BCUT2D eigenvalue weighted by Crippen LogP contribution is 2.29. The molecule has 3 rings (SSSR count). The lowest BCUT2D eigenvalue weighted by Gasteiger charge is -2.18. The molecule has 1 aromatic carbocycles. The van der Waals surface area contributed by atoms with Crippen molar-refractivity contribution in [3.8, 4) is 0 Å². The van der Waals surface area contributed by atoms with Crippen LogP contribution in [0.25, 0.3) is 0 Å². The molecule has 0 spiro atoms. The molecule has 1 amide bonds. The maximum atomic E-state index is 12.5. The largest absolute Gasteiger partial charge is 0.338 e.